The summed E-state index contributed by atoms with van der Waals surface area (Å²) in [6, 6.07) is 0.188. The van der Waals surface area contributed by atoms with Crippen LogP contribution < -0.4 is 5.32 Å². The van der Waals surface area contributed by atoms with Crippen molar-refractivity contribution in [3.8, 4) is 0 Å². The first-order valence-corrected chi connectivity index (χ1v) is 5.63. The van der Waals surface area contributed by atoms with Crippen molar-refractivity contribution >= 4 is 0 Å². The molecule has 0 saturated carbocycles. The third-order valence-corrected chi connectivity index (χ3v) is 2.54. The van der Waals surface area contributed by atoms with E-state index in [4.69, 9.17) is 0 Å². The molecule has 92 valence electrons. The highest BCUT2D eigenvalue weighted by molar-refractivity contribution is 4.70. The summed E-state index contributed by atoms with van der Waals surface area (Å²) >= 11 is 0. The second-order valence-electron chi connectivity index (χ2n) is 4.50. The second-order valence-corrected chi connectivity index (χ2v) is 4.50. The summed E-state index contributed by atoms with van der Waals surface area (Å²) in [5, 5.41) is 2.83. The fourth-order valence-corrected chi connectivity index (χ4v) is 1.62. The van der Waals surface area contributed by atoms with Gasteiger partial charge in [-0.1, -0.05) is 0 Å². The van der Waals surface area contributed by atoms with E-state index in [-0.39, 0.29) is 0 Å². The number of hydrogen-bond donors (Lipinski definition) is 1. The largest absolute Gasteiger partial charge is 0.308 e. The smallest absolute Gasteiger partial charge is 0.253 e. The number of rotatable bonds is 7. The molecule has 0 rings (SSSR count). The molecule has 0 saturated heterocycles. The van der Waals surface area contributed by atoms with E-state index in [2.05, 4.69) is 37.9 Å². The highest BCUT2D eigenvalue weighted by Crippen LogP contribution is 2.04. The van der Waals surface area contributed by atoms with Gasteiger partial charge in [-0.3, -0.25) is 4.90 Å². The first-order valence-electron chi connectivity index (χ1n) is 5.63. The average molecular weight is 222 g/mol. The van der Waals surface area contributed by atoms with Crippen LogP contribution in [0.4, 0.5) is 8.78 Å². The Labute approximate surface area is 92.0 Å². The first kappa shape index (κ1) is 14.8. The lowest BCUT2D eigenvalue weighted by molar-refractivity contribution is 0.101. The molecule has 0 aliphatic rings. The van der Waals surface area contributed by atoms with Crippen LogP contribution in [0.2, 0.25) is 0 Å². The normalized spacial score (nSPS) is 14.6. The lowest BCUT2D eigenvalue weighted by atomic mass is 10.2. The van der Waals surface area contributed by atoms with Gasteiger partial charge < -0.3 is 5.32 Å². The van der Waals surface area contributed by atoms with Gasteiger partial charge in [0.25, 0.3) is 6.43 Å². The van der Waals surface area contributed by atoms with Gasteiger partial charge in [0, 0.05) is 25.2 Å². The van der Waals surface area contributed by atoms with Crippen molar-refractivity contribution in [1.82, 2.24) is 10.2 Å². The number of nitrogens with one attached hydrogen (secondary N) is 1. The van der Waals surface area contributed by atoms with Crippen LogP contribution >= 0.6 is 0 Å². The van der Waals surface area contributed by atoms with Crippen LogP contribution in [0.3, 0.4) is 0 Å². The maximum atomic E-state index is 12.2. The van der Waals surface area contributed by atoms with E-state index in [1.54, 1.807) is 0 Å². The minimum absolute atomic E-state index is 0.452. The Hall–Kier alpha value is -0.220. The van der Waals surface area contributed by atoms with Crippen LogP contribution in [0.1, 0.15) is 34.6 Å². The molecular weight excluding hydrogens is 198 g/mol. The third kappa shape index (κ3) is 6.05. The van der Waals surface area contributed by atoms with Crippen LogP contribution in [-0.4, -0.2) is 42.5 Å². The number of hydrogen-bond acceptors (Lipinski definition) is 2. The van der Waals surface area contributed by atoms with Gasteiger partial charge in [0.15, 0.2) is 0 Å². The molecule has 0 aromatic rings. The monoisotopic (exact) mass is 222 g/mol. The zero-order chi connectivity index (χ0) is 12.0. The summed E-state index contributed by atoms with van der Waals surface area (Å²) in [6.07, 6.45) is -2.28. The molecule has 1 N–H and O–H groups in total. The molecule has 0 heterocycles. The van der Waals surface area contributed by atoms with E-state index >= 15 is 0 Å². The van der Waals surface area contributed by atoms with Crippen molar-refractivity contribution in [3.05, 3.63) is 0 Å². The molecule has 15 heavy (non-hydrogen) atoms. The summed E-state index contributed by atoms with van der Waals surface area (Å²) in [4.78, 5) is 2.28. The van der Waals surface area contributed by atoms with E-state index in [0.717, 1.165) is 6.54 Å². The molecule has 0 fully saturated rings. The van der Waals surface area contributed by atoms with Gasteiger partial charge in [-0.25, -0.2) is 8.78 Å². The highest BCUT2D eigenvalue weighted by atomic mass is 19.3. The van der Waals surface area contributed by atoms with Crippen molar-refractivity contribution in [2.75, 3.05) is 13.1 Å². The minimum Gasteiger partial charge on any atom is -0.308 e. The highest BCUT2D eigenvalue weighted by Gasteiger charge is 2.16. The molecule has 0 bridgehead atoms. The van der Waals surface area contributed by atoms with Gasteiger partial charge >= 0.3 is 0 Å². The number of nitrogens with zero attached hydrogens (tertiary/aromatic N) is 1. The van der Waals surface area contributed by atoms with E-state index in [1.165, 1.54) is 6.92 Å². The maximum absolute atomic E-state index is 12.2. The van der Waals surface area contributed by atoms with Crippen molar-refractivity contribution in [2.24, 2.45) is 0 Å². The molecule has 0 aromatic heterocycles. The molecule has 2 nitrogen and oxygen atoms in total. The summed E-state index contributed by atoms with van der Waals surface area (Å²) in [5.74, 6) is 0. The molecule has 4 heteroatoms. The summed E-state index contributed by atoms with van der Waals surface area (Å²) < 4.78 is 24.4. The molecule has 0 spiro atoms. The van der Waals surface area contributed by atoms with Crippen LogP contribution in [0.5, 0.6) is 0 Å². The minimum atomic E-state index is -2.28. The lowest BCUT2D eigenvalue weighted by Crippen LogP contribution is -2.44. The third-order valence-electron chi connectivity index (χ3n) is 2.54. The molecule has 0 aliphatic heterocycles. The number of halogens is 2. The maximum Gasteiger partial charge on any atom is 0.253 e. The van der Waals surface area contributed by atoms with Gasteiger partial charge in [-0.15, -0.1) is 0 Å². The molecule has 0 amide bonds. The van der Waals surface area contributed by atoms with E-state index < -0.39 is 12.5 Å². The quantitative estimate of drug-likeness (QED) is 0.711. The molecule has 0 aromatic carbocycles. The van der Waals surface area contributed by atoms with Crippen molar-refractivity contribution in [1.29, 1.82) is 0 Å². The first-order chi connectivity index (χ1) is 6.86. The molecular formula is C11H24F2N2. The SMILES string of the molecule is CC(NCCN(C(C)C)C(C)C)C(F)F. The summed E-state index contributed by atoms with van der Waals surface area (Å²) in [5.41, 5.74) is 0. The van der Waals surface area contributed by atoms with Crippen LogP contribution in [0, 0.1) is 0 Å². The van der Waals surface area contributed by atoms with Gasteiger partial charge in [0.2, 0.25) is 0 Å². The van der Waals surface area contributed by atoms with E-state index in [1.807, 2.05) is 0 Å². The Bertz CT molecular complexity index is 153. The zero-order valence-corrected chi connectivity index (χ0v) is 10.4. The van der Waals surface area contributed by atoms with E-state index in [0.29, 0.717) is 18.6 Å². The predicted molar refractivity (Wildman–Crippen MR) is 60.4 cm³/mol. The van der Waals surface area contributed by atoms with Crippen LogP contribution in [0.15, 0.2) is 0 Å². The predicted octanol–water partition coefficient (Wildman–Crippen LogP) is 2.35. The van der Waals surface area contributed by atoms with Gasteiger partial charge in [-0.05, 0) is 34.6 Å². The van der Waals surface area contributed by atoms with Crippen molar-refractivity contribution < 1.29 is 8.78 Å². The van der Waals surface area contributed by atoms with Gasteiger partial charge in [-0.2, -0.15) is 0 Å². The Kier molecular flexibility index (Phi) is 7.02. The molecule has 1 unspecified atom stereocenters. The fourth-order valence-electron chi connectivity index (χ4n) is 1.62. The fraction of sp³-hybridized carbons (Fsp3) is 1.00. The summed E-state index contributed by atoms with van der Waals surface area (Å²) in [6.45, 7) is 11.4. The summed E-state index contributed by atoms with van der Waals surface area (Å²) in [7, 11) is 0. The Morgan fingerprint density at radius 1 is 1.00 bits per heavy atom. The standard InChI is InChI=1S/C11H24F2N2/c1-8(2)15(9(3)4)7-6-14-10(5)11(12)13/h8-11,14H,6-7H2,1-5H3. The van der Waals surface area contributed by atoms with Crippen LogP contribution in [-0.2, 0) is 0 Å². The van der Waals surface area contributed by atoms with E-state index in [9.17, 15) is 8.78 Å². The lowest BCUT2D eigenvalue weighted by Gasteiger charge is -2.31. The Morgan fingerprint density at radius 2 is 1.47 bits per heavy atom. The average Bonchev–Trinajstić information content (AvgIpc) is 2.10. The van der Waals surface area contributed by atoms with Crippen molar-refractivity contribution in [3.63, 3.8) is 0 Å². The van der Waals surface area contributed by atoms with Crippen molar-refractivity contribution in [2.45, 2.75) is 59.2 Å². The second kappa shape index (κ2) is 7.12. The zero-order valence-electron chi connectivity index (χ0n) is 10.4. The molecule has 0 aliphatic carbocycles. The van der Waals surface area contributed by atoms with Gasteiger partial charge in [0.05, 0.1) is 6.04 Å². The number of alkyl halides is 2. The van der Waals surface area contributed by atoms with Gasteiger partial charge in [0.1, 0.15) is 0 Å². The molecule has 0 radical (unpaired) electrons. The molecule has 1 atom stereocenters. The Morgan fingerprint density at radius 3 is 1.80 bits per heavy atom. The topological polar surface area (TPSA) is 15.3 Å². The Balaban J connectivity index is 3.81. The van der Waals surface area contributed by atoms with Crippen LogP contribution in [0.25, 0.3) is 0 Å².